The molecular weight excluding hydrogens is 330 g/mol. The van der Waals surface area contributed by atoms with E-state index in [1.54, 1.807) is 0 Å². The Hall–Kier alpha value is -2.57. The van der Waals surface area contributed by atoms with Crippen LogP contribution in [0.3, 0.4) is 0 Å². The van der Waals surface area contributed by atoms with E-state index in [-0.39, 0.29) is 12.2 Å². The van der Waals surface area contributed by atoms with Crippen LogP contribution in [0.4, 0.5) is 16.2 Å². The number of rotatable bonds is 5. The molecule has 1 aliphatic rings. The normalized spacial score (nSPS) is 19.8. The maximum Gasteiger partial charge on any atom is 0.343 e. The molecule has 6 heteroatoms. The second kappa shape index (κ2) is 8.69. The van der Waals surface area contributed by atoms with Crippen molar-refractivity contribution in [2.24, 2.45) is 0 Å². The molecule has 0 saturated carbocycles. The summed E-state index contributed by atoms with van der Waals surface area (Å²) in [7, 11) is 0. The first-order valence-electron chi connectivity index (χ1n) is 8.84. The summed E-state index contributed by atoms with van der Waals surface area (Å²) in [6, 6.07) is 17.0. The Balaban J connectivity index is 1.58. The van der Waals surface area contributed by atoms with Gasteiger partial charge in [0.15, 0.2) is 0 Å². The Bertz CT molecular complexity index is 713. The van der Waals surface area contributed by atoms with Crippen LogP contribution in [0.25, 0.3) is 0 Å². The van der Waals surface area contributed by atoms with Crippen molar-refractivity contribution in [3.05, 3.63) is 60.2 Å². The van der Waals surface area contributed by atoms with E-state index < -0.39 is 6.03 Å². The lowest BCUT2D eigenvalue weighted by molar-refractivity contribution is -0.00517. The number of benzene rings is 2. The maximum atomic E-state index is 12.2. The molecule has 0 aromatic heterocycles. The summed E-state index contributed by atoms with van der Waals surface area (Å²) in [4.78, 5) is 19.7. The zero-order chi connectivity index (χ0) is 18.4. The molecular formula is C20H25N3O3. The minimum Gasteiger partial charge on any atom is -0.372 e. The average molecular weight is 355 g/mol. The first-order chi connectivity index (χ1) is 12.6. The number of para-hydroxylation sites is 2. The summed E-state index contributed by atoms with van der Waals surface area (Å²) < 4.78 is 5.79. The molecule has 2 amide bonds. The number of morpholine rings is 1. The van der Waals surface area contributed by atoms with Crippen LogP contribution >= 0.6 is 0 Å². The third kappa shape index (κ3) is 4.97. The topological polar surface area (TPSA) is 62.8 Å². The van der Waals surface area contributed by atoms with Gasteiger partial charge >= 0.3 is 6.03 Å². The fraction of sp³-hybridized carbons (Fsp3) is 0.350. The summed E-state index contributed by atoms with van der Waals surface area (Å²) in [6.07, 6.45) is 0.296. The van der Waals surface area contributed by atoms with Crippen LogP contribution in [0.5, 0.6) is 0 Å². The van der Waals surface area contributed by atoms with Gasteiger partial charge in [-0.1, -0.05) is 42.5 Å². The van der Waals surface area contributed by atoms with Crippen molar-refractivity contribution in [1.29, 1.82) is 0 Å². The van der Waals surface area contributed by atoms with Gasteiger partial charge in [0.25, 0.3) is 0 Å². The van der Waals surface area contributed by atoms with Crippen LogP contribution in [0.15, 0.2) is 54.6 Å². The van der Waals surface area contributed by atoms with Gasteiger partial charge in [-0.25, -0.2) is 10.3 Å². The Kier molecular flexibility index (Phi) is 6.09. The third-order valence-corrected chi connectivity index (χ3v) is 4.16. The number of nitrogens with zero attached hydrogens (tertiary/aromatic N) is 1. The van der Waals surface area contributed by atoms with E-state index in [0.717, 1.165) is 30.0 Å². The molecule has 3 rings (SSSR count). The lowest BCUT2D eigenvalue weighted by atomic mass is 10.1. The smallest absolute Gasteiger partial charge is 0.343 e. The first kappa shape index (κ1) is 18.2. The van der Waals surface area contributed by atoms with E-state index in [1.165, 1.54) is 0 Å². The van der Waals surface area contributed by atoms with Gasteiger partial charge in [0.1, 0.15) is 0 Å². The highest BCUT2D eigenvalue weighted by Crippen LogP contribution is 2.28. The molecule has 26 heavy (non-hydrogen) atoms. The Morgan fingerprint density at radius 3 is 2.46 bits per heavy atom. The van der Waals surface area contributed by atoms with Crippen molar-refractivity contribution in [3.8, 4) is 0 Å². The highest BCUT2D eigenvalue weighted by molar-refractivity contribution is 5.92. The highest BCUT2D eigenvalue weighted by atomic mass is 16.7. The molecule has 0 aliphatic carbocycles. The number of urea groups is 1. The maximum absolute atomic E-state index is 12.2. The predicted octanol–water partition coefficient (Wildman–Crippen LogP) is 3.55. The molecule has 0 radical (unpaired) electrons. The third-order valence-electron chi connectivity index (χ3n) is 4.16. The number of hydrogen-bond donors (Lipinski definition) is 2. The summed E-state index contributed by atoms with van der Waals surface area (Å²) in [6.45, 7) is 6.00. The molecule has 1 saturated heterocycles. The van der Waals surface area contributed by atoms with Gasteiger partial charge in [-0.15, -0.1) is 0 Å². The molecule has 0 spiro atoms. The van der Waals surface area contributed by atoms with Gasteiger partial charge in [-0.3, -0.25) is 4.84 Å². The number of anilines is 2. The van der Waals surface area contributed by atoms with Crippen molar-refractivity contribution in [1.82, 2.24) is 5.48 Å². The SMILES string of the molecule is C[C@@H]1CN(c2ccccc2NC(=O)NOCc2ccccc2)C[C@@H](C)O1. The molecule has 2 aromatic carbocycles. The number of hydrogen-bond acceptors (Lipinski definition) is 4. The number of nitrogens with one attached hydrogen (secondary N) is 2. The number of amides is 2. The Morgan fingerprint density at radius 2 is 1.73 bits per heavy atom. The predicted molar refractivity (Wildman–Crippen MR) is 102 cm³/mol. The van der Waals surface area contributed by atoms with E-state index in [2.05, 4.69) is 29.5 Å². The summed E-state index contributed by atoms with van der Waals surface area (Å²) in [5.41, 5.74) is 5.15. The van der Waals surface area contributed by atoms with Gasteiger partial charge in [0, 0.05) is 13.1 Å². The summed E-state index contributed by atoms with van der Waals surface area (Å²) in [5, 5.41) is 2.87. The fourth-order valence-corrected chi connectivity index (χ4v) is 3.14. The van der Waals surface area contributed by atoms with Crippen molar-refractivity contribution < 1.29 is 14.4 Å². The molecule has 1 fully saturated rings. The monoisotopic (exact) mass is 355 g/mol. The fourth-order valence-electron chi connectivity index (χ4n) is 3.14. The minimum atomic E-state index is -0.400. The van der Waals surface area contributed by atoms with Crippen LogP contribution in [0, 0.1) is 0 Å². The van der Waals surface area contributed by atoms with Gasteiger partial charge in [0.2, 0.25) is 0 Å². The largest absolute Gasteiger partial charge is 0.372 e. The first-order valence-corrected chi connectivity index (χ1v) is 8.84. The van der Waals surface area contributed by atoms with Crippen LogP contribution in [-0.2, 0) is 16.2 Å². The van der Waals surface area contributed by atoms with Gasteiger partial charge < -0.3 is 15.0 Å². The number of hydroxylamine groups is 1. The Labute approximate surface area is 154 Å². The molecule has 2 aromatic rings. The average Bonchev–Trinajstić information content (AvgIpc) is 2.62. The van der Waals surface area contributed by atoms with Gasteiger partial charge in [-0.05, 0) is 31.5 Å². The number of carbonyl (C=O) groups excluding carboxylic acids is 1. The minimum absolute atomic E-state index is 0.148. The van der Waals surface area contributed by atoms with E-state index in [0.29, 0.717) is 6.61 Å². The lowest BCUT2D eigenvalue weighted by Gasteiger charge is -2.37. The highest BCUT2D eigenvalue weighted by Gasteiger charge is 2.24. The van der Waals surface area contributed by atoms with E-state index in [4.69, 9.17) is 9.57 Å². The zero-order valence-corrected chi connectivity index (χ0v) is 15.1. The summed E-state index contributed by atoms with van der Waals surface area (Å²) in [5.74, 6) is 0. The Morgan fingerprint density at radius 1 is 1.08 bits per heavy atom. The van der Waals surface area contributed by atoms with Crippen LogP contribution in [0.1, 0.15) is 19.4 Å². The number of ether oxygens (including phenoxy) is 1. The van der Waals surface area contributed by atoms with Crippen molar-refractivity contribution >= 4 is 17.4 Å². The standard InChI is InChI=1S/C20H25N3O3/c1-15-12-23(13-16(2)26-15)19-11-7-6-10-18(19)21-20(24)22-25-14-17-8-4-3-5-9-17/h3-11,15-16H,12-14H2,1-2H3,(H2,21,22,24)/t15-,16-/m1/s1. The van der Waals surface area contributed by atoms with Gasteiger partial charge in [-0.2, -0.15) is 0 Å². The molecule has 0 unspecified atom stereocenters. The molecule has 0 bridgehead atoms. The molecule has 2 N–H and O–H groups in total. The van der Waals surface area contributed by atoms with E-state index in [1.807, 2.05) is 54.6 Å². The van der Waals surface area contributed by atoms with Crippen molar-refractivity contribution in [3.63, 3.8) is 0 Å². The molecule has 2 atom stereocenters. The quantitative estimate of drug-likeness (QED) is 0.805. The number of carbonyl (C=O) groups is 1. The molecule has 138 valence electrons. The second-order valence-corrected chi connectivity index (χ2v) is 6.51. The summed E-state index contributed by atoms with van der Waals surface area (Å²) >= 11 is 0. The molecule has 1 heterocycles. The van der Waals surface area contributed by atoms with E-state index >= 15 is 0 Å². The molecule has 1 aliphatic heterocycles. The second-order valence-electron chi connectivity index (χ2n) is 6.51. The van der Waals surface area contributed by atoms with E-state index in [9.17, 15) is 4.79 Å². The van der Waals surface area contributed by atoms with Gasteiger partial charge in [0.05, 0.1) is 30.2 Å². The van der Waals surface area contributed by atoms with Crippen molar-refractivity contribution in [2.75, 3.05) is 23.3 Å². The van der Waals surface area contributed by atoms with Crippen LogP contribution < -0.4 is 15.7 Å². The molecule has 6 nitrogen and oxygen atoms in total. The zero-order valence-electron chi connectivity index (χ0n) is 15.1. The lowest BCUT2D eigenvalue weighted by Crippen LogP contribution is -2.45. The van der Waals surface area contributed by atoms with Crippen molar-refractivity contribution in [2.45, 2.75) is 32.7 Å². The van der Waals surface area contributed by atoms with Crippen LogP contribution in [0.2, 0.25) is 0 Å². The van der Waals surface area contributed by atoms with Crippen LogP contribution in [-0.4, -0.2) is 31.3 Å².